The average Bonchev–Trinajstić information content (AvgIpc) is 2.32. The van der Waals surface area contributed by atoms with E-state index in [1.165, 1.54) is 5.56 Å². The Morgan fingerprint density at radius 2 is 2.12 bits per heavy atom. The zero-order chi connectivity index (χ0) is 12.3. The van der Waals surface area contributed by atoms with Crippen LogP contribution in [0.25, 0.3) is 0 Å². The number of benzene rings is 1. The van der Waals surface area contributed by atoms with E-state index in [9.17, 15) is 0 Å². The summed E-state index contributed by atoms with van der Waals surface area (Å²) in [5, 5.41) is 0.819. The number of ether oxygens (including phenoxy) is 1. The summed E-state index contributed by atoms with van der Waals surface area (Å²) in [7, 11) is 0. The van der Waals surface area contributed by atoms with Crippen molar-refractivity contribution in [2.45, 2.75) is 12.3 Å². The highest BCUT2D eigenvalue weighted by atomic mass is 79.9. The van der Waals surface area contributed by atoms with Gasteiger partial charge in [0.05, 0.1) is 5.69 Å². The van der Waals surface area contributed by atoms with Crippen LogP contribution >= 0.6 is 31.9 Å². The third-order valence-electron chi connectivity index (χ3n) is 2.35. The van der Waals surface area contributed by atoms with E-state index in [-0.39, 0.29) is 0 Å². The number of aryl methyl sites for hydroxylation is 1. The van der Waals surface area contributed by atoms with Gasteiger partial charge in [0.25, 0.3) is 0 Å². The van der Waals surface area contributed by atoms with Crippen molar-refractivity contribution in [1.82, 2.24) is 4.98 Å². The number of halogens is 2. The minimum absolute atomic E-state index is 0.783. The monoisotopic (exact) mass is 355 g/mol. The van der Waals surface area contributed by atoms with Crippen molar-refractivity contribution in [3.05, 3.63) is 52.3 Å². The lowest BCUT2D eigenvalue weighted by molar-refractivity contribution is 0.475. The van der Waals surface area contributed by atoms with Gasteiger partial charge in [0.2, 0.25) is 0 Å². The van der Waals surface area contributed by atoms with E-state index < -0.39 is 0 Å². The van der Waals surface area contributed by atoms with E-state index in [0.29, 0.717) is 0 Å². The minimum Gasteiger partial charge on any atom is -0.455 e. The van der Waals surface area contributed by atoms with Crippen LogP contribution in [-0.2, 0) is 5.33 Å². The van der Waals surface area contributed by atoms with Gasteiger partial charge >= 0.3 is 0 Å². The first-order chi connectivity index (χ1) is 8.20. The molecule has 0 spiro atoms. The van der Waals surface area contributed by atoms with Gasteiger partial charge < -0.3 is 4.74 Å². The second kappa shape index (κ2) is 5.65. The van der Waals surface area contributed by atoms with E-state index in [1.807, 2.05) is 37.3 Å². The van der Waals surface area contributed by atoms with E-state index in [0.717, 1.165) is 27.0 Å². The Balaban J connectivity index is 2.25. The average molecular weight is 357 g/mol. The number of pyridine rings is 1. The van der Waals surface area contributed by atoms with Gasteiger partial charge in [-0.15, -0.1) is 0 Å². The molecule has 0 amide bonds. The molecule has 0 N–H and O–H groups in total. The molecule has 0 bridgehead atoms. The van der Waals surface area contributed by atoms with Crippen molar-refractivity contribution >= 4 is 31.9 Å². The molecule has 4 heteroatoms. The molecule has 0 saturated heterocycles. The van der Waals surface area contributed by atoms with Crippen LogP contribution in [0.3, 0.4) is 0 Å². The Morgan fingerprint density at radius 1 is 1.29 bits per heavy atom. The summed E-state index contributed by atoms with van der Waals surface area (Å²) in [6.07, 6.45) is 1.76. The molecule has 1 aromatic carbocycles. The van der Waals surface area contributed by atoms with Gasteiger partial charge in [0.1, 0.15) is 11.5 Å². The molecule has 1 aromatic heterocycles. The molecule has 17 heavy (non-hydrogen) atoms. The molecule has 0 aliphatic rings. The summed E-state index contributed by atoms with van der Waals surface area (Å²) < 4.78 is 6.82. The lowest BCUT2D eigenvalue weighted by Crippen LogP contribution is -1.90. The number of aromatic nitrogens is 1. The van der Waals surface area contributed by atoms with Crippen molar-refractivity contribution in [3.63, 3.8) is 0 Å². The fourth-order valence-electron chi connectivity index (χ4n) is 1.40. The standard InChI is InChI=1S/C13H11Br2NO/c1-9-13(3-2-6-16-9)17-11-5-4-10(8-14)12(15)7-11/h2-7H,8H2,1H3. The van der Waals surface area contributed by atoms with E-state index >= 15 is 0 Å². The van der Waals surface area contributed by atoms with E-state index in [1.54, 1.807) is 6.20 Å². The minimum atomic E-state index is 0.783. The molecule has 0 aliphatic carbocycles. The third kappa shape index (κ3) is 3.07. The number of rotatable bonds is 3. The van der Waals surface area contributed by atoms with Crippen molar-refractivity contribution in [1.29, 1.82) is 0 Å². The first kappa shape index (κ1) is 12.6. The fraction of sp³-hybridized carbons (Fsp3) is 0.154. The Labute approximate surface area is 117 Å². The van der Waals surface area contributed by atoms with Gasteiger partial charge in [-0.3, -0.25) is 4.98 Å². The Bertz CT molecular complexity index is 529. The Hall–Kier alpha value is -0.870. The summed E-state index contributed by atoms with van der Waals surface area (Å²) in [6.45, 7) is 1.93. The first-order valence-corrected chi connectivity index (χ1v) is 7.06. The fourth-order valence-corrected chi connectivity index (χ4v) is 2.77. The van der Waals surface area contributed by atoms with Crippen molar-refractivity contribution in [2.24, 2.45) is 0 Å². The highest BCUT2D eigenvalue weighted by molar-refractivity contribution is 9.10. The van der Waals surface area contributed by atoms with Gasteiger partial charge in [0.15, 0.2) is 0 Å². The lowest BCUT2D eigenvalue weighted by atomic mass is 10.2. The maximum Gasteiger partial charge on any atom is 0.148 e. The molecular formula is C13H11Br2NO. The number of hydrogen-bond acceptors (Lipinski definition) is 2. The first-order valence-electron chi connectivity index (χ1n) is 5.14. The highest BCUT2D eigenvalue weighted by Crippen LogP contribution is 2.28. The van der Waals surface area contributed by atoms with E-state index in [2.05, 4.69) is 36.8 Å². The van der Waals surface area contributed by atoms with Crippen LogP contribution in [0.2, 0.25) is 0 Å². The maximum absolute atomic E-state index is 5.78. The lowest BCUT2D eigenvalue weighted by Gasteiger charge is -2.09. The van der Waals surface area contributed by atoms with E-state index in [4.69, 9.17) is 4.74 Å². The largest absolute Gasteiger partial charge is 0.455 e. The number of hydrogen-bond donors (Lipinski definition) is 0. The number of nitrogens with zero attached hydrogens (tertiary/aromatic N) is 1. The summed E-state index contributed by atoms with van der Waals surface area (Å²) >= 11 is 6.94. The van der Waals surface area contributed by atoms with Gasteiger partial charge in [-0.1, -0.05) is 37.9 Å². The van der Waals surface area contributed by atoms with Gasteiger partial charge in [0, 0.05) is 16.0 Å². The SMILES string of the molecule is Cc1ncccc1Oc1ccc(CBr)c(Br)c1. The predicted molar refractivity (Wildman–Crippen MR) is 75.8 cm³/mol. The molecule has 0 saturated carbocycles. The van der Waals surface area contributed by atoms with Crippen LogP contribution in [0.4, 0.5) is 0 Å². The van der Waals surface area contributed by atoms with Gasteiger partial charge in [-0.05, 0) is 36.8 Å². The molecule has 2 nitrogen and oxygen atoms in total. The summed E-state index contributed by atoms with van der Waals surface area (Å²) in [5.41, 5.74) is 2.08. The van der Waals surface area contributed by atoms with Crippen LogP contribution in [0.1, 0.15) is 11.3 Å². The molecule has 0 atom stereocenters. The normalized spacial score (nSPS) is 10.3. The molecule has 2 aromatic rings. The molecule has 0 radical (unpaired) electrons. The van der Waals surface area contributed by atoms with Crippen molar-refractivity contribution in [2.75, 3.05) is 0 Å². The topological polar surface area (TPSA) is 22.1 Å². The van der Waals surface area contributed by atoms with Crippen molar-refractivity contribution < 1.29 is 4.74 Å². The van der Waals surface area contributed by atoms with Crippen LogP contribution in [-0.4, -0.2) is 4.98 Å². The molecule has 88 valence electrons. The molecule has 1 heterocycles. The maximum atomic E-state index is 5.78. The smallest absolute Gasteiger partial charge is 0.148 e. The molecular weight excluding hydrogens is 346 g/mol. The van der Waals surface area contributed by atoms with Crippen LogP contribution in [0.15, 0.2) is 41.0 Å². The second-order valence-electron chi connectivity index (χ2n) is 3.58. The molecule has 2 rings (SSSR count). The summed E-state index contributed by atoms with van der Waals surface area (Å²) in [4.78, 5) is 4.19. The zero-order valence-electron chi connectivity index (χ0n) is 9.28. The Morgan fingerprint density at radius 3 is 2.76 bits per heavy atom. The third-order valence-corrected chi connectivity index (χ3v) is 3.70. The van der Waals surface area contributed by atoms with Crippen LogP contribution in [0, 0.1) is 6.92 Å². The second-order valence-corrected chi connectivity index (χ2v) is 4.99. The van der Waals surface area contributed by atoms with Crippen LogP contribution in [0.5, 0.6) is 11.5 Å². The molecule has 0 fully saturated rings. The molecule has 0 aliphatic heterocycles. The quantitative estimate of drug-likeness (QED) is 0.734. The number of alkyl halides is 1. The van der Waals surface area contributed by atoms with Gasteiger partial charge in [-0.25, -0.2) is 0 Å². The zero-order valence-corrected chi connectivity index (χ0v) is 12.5. The summed E-state index contributed by atoms with van der Waals surface area (Å²) in [5.74, 6) is 1.59. The van der Waals surface area contributed by atoms with Gasteiger partial charge in [-0.2, -0.15) is 0 Å². The molecule has 0 unspecified atom stereocenters. The summed E-state index contributed by atoms with van der Waals surface area (Å²) in [6, 6.07) is 9.72. The van der Waals surface area contributed by atoms with Crippen LogP contribution < -0.4 is 4.74 Å². The predicted octanol–water partition coefficient (Wildman–Crippen LogP) is 4.84. The highest BCUT2D eigenvalue weighted by Gasteiger charge is 2.04. The van der Waals surface area contributed by atoms with Crippen molar-refractivity contribution in [3.8, 4) is 11.5 Å². The Kier molecular flexibility index (Phi) is 4.18.